The van der Waals surface area contributed by atoms with E-state index in [0.717, 1.165) is 23.9 Å². The summed E-state index contributed by atoms with van der Waals surface area (Å²) >= 11 is 0. The van der Waals surface area contributed by atoms with E-state index < -0.39 is 10.7 Å². The summed E-state index contributed by atoms with van der Waals surface area (Å²) in [5, 5.41) is 10.8. The zero-order valence-electron chi connectivity index (χ0n) is 10.2. The van der Waals surface area contributed by atoms with E-state index in [0.29, 0.717) is 5.69 Å². The molecule has 19 heavy (non-hydrogen) atoms. The molecule has 0 bridgehead atoms. The van der Waals surface area contributed by atoms with E-state index in [9.17, 15) is 14.5 Å². The SMILES string of the molecule is Cc1cccc(COc2cc(F)ccc2[N+](=O)[O-])n1. The molecule has 1 aromatic carbocycles. The molecule has 0 spiro atoms. The van der Waals surface area contributed by atoms with Crippen LogP contribution in [0.15, 0.2) is 36.4 Å². The van der Waals surface area contributed by atoms with E-state index in [-0.39, 0.29) is 18.0 Å². The Balaban J connectivity index is 2.19. The van der Waals surface area contributed by atoms with Gasteiger partial charge in [0, 0.05) is 17.8 Å². The summed E-state index contributed by atoms with van der Waals surface area (Å²) in [5.41, 5.74) is 1.17. The van der Waals surface area contributed by atoms with Crippen molar-refractivity contribution in [3.05, 3.63) is 63.7 Å². The van der Waals surface area contributed by atoms with Crippen molar-refractivity contribution in [1.82, 2.24) is 4.98 Å². The summed E-state index contributed by atoms with van der Waals surface area (Å²) in [6.07, 6.45) is 0. The average molecular weight is 262 g/mol. The minimum Gasteiger partial charge on any atom is -0.480 e. The van der Waals surface area contributed by atoms with Crippen LogP contribution in [0.3, 0.4) is 0 Å². The normalized spacial score (nSPS) is 10.2. The maximum Gasteiger partial charge on any atom is 0.311 e. The molecule has 0 N–H and O–H groups in total. The van der Waals surface area contributed by atoms with E-state index >= 15 is 0 Å². The van der Waals surface area contributed by atoms with Crippen LogP contribution in [0.25, 0.3) is 0 Å². The van der Waals surface area contributed by atoms with Crippen molar-refractivity contribution in [3.63, 3.8) is 0 Å². The van der Waals surface area contributed by atoms with Crippen molar-refractivity contribution in [1.29, 1.82) is 0 Å². The summed E-state index contributed by atoms with van der Waals surface area (Å²) in [6, 6.07) is 8.46. The number of halogens is 1. The van der Waals surface area contributed by atoms with Crippen molar-refractivity contribution < 1.29 is 14.1 Å². The predicted octanol–water partition coefficient (Wildman–Crippen LogP) is 3.02. The van der Waals surface area contributed by atoms with Gasteiger partial charge in [-0.2, -0.15) is 0 Å². The van der Waals surface area contributed by atoms with Crippen LogP contribution in [0, 0.1) is 22.9 Å². The molecule has 0 aliphatic heterocycles. The van der Waals surface area contributed by atoms with Gasteiger partial charge >= 0.3 is 5.69 Å². The topological polar surface area (TPSA) is 65.3 Å². The quantitative estimate of drug-likeness (QED) is 0.627. The van der Waals surface area contributed by atoms with Crippen LogP contribution in [0.2, 0.25) is 0 Å². The Kier molecular flexibility index (Phi) is 3.70. The molecule has 0 radical (unpaired) electrons. The maximum atomic E-state index is 13.1. The van der Waals surface area contributed by atoms with Crippen LogP contribution in [0.5, 0.6) is 5.75 Å². The number of pyridine rings is 1. The Labute approximate surface area is 108 Å². The van der Waals surface area contributed by atoms with Crippen LogP contribution in [-0.4, -0.2) is 9.91 Å². The van der Waals surface area contributed by atoms with E-state index in [1.165, 1.54) is 0 Å². The Hall–Kier alpha value is -2.50. The first-order chi connectivity index (χ1) is 9.06. The van der Waals surface area contributed by atoms with Gasteiger partial charge < -0.3 is 4.74 Å². The highest BCUT2D eigenvalue weighted by Crippen LogP contribution is 2.28. The Morgan fingerprint density at radius 3 is 2.84 bits per heavy atom. The largest absolute Gasteiger partial charge is 0.480 e. The second-order valence-corrected chi connectivity index (χ2v) is 3.93. The molecule has 0 aliphatic rings. The average Bonchev–Trinajstić information content (AvgIpc) is 2.36. The second kappa shape index (κ2) is 5.43. The van der Waals surface area contributed by atoms with Gasteiger partial charge in [-0.25, -0.2) is 4.39 Å². The number of hydrogen-bond acceptors (Lipinski definition) is 4. The molecule has 0 amide bonds. The molecule has 5 nitrogen and oxygen atoms in total. The van der Waals surface area contributed by atoms with Crippen LogP contribution in [0.1, 0.15) is 11.4 Å². The molecule has 0 saturated heterocycles. The highest BCUT2D eigenvalue weighted by atomic mass is 19.1. The molecule has 0 atom stereocenters. The number of ether oxygens (including phenoxy) is 1. The highest BCUT2D eigenvalue weighted by Gasteiger charge is 2.16. The molecule has 1 heterocycles. The molecule has 2 aromatic rings. The Bertz CT molecular complexity index is 617. The molecular weight excluding hydrogens is 251 g/mol. The van der Waals surface area contributed by atoms with Gasteiger partial charge in [-0.3, -0.25) is 15.1 Å². The molecule has 0 unspecified atom stereocenters. The van der Waals surface area contributed by atoms with Crippen LogP contribution >= 0.6 is 0 Å². The molecular formula is C13H11FN2O3. The third kappa shape index (κ3) is 3.25. The number of aromatic nitrogens is 1. The van der Waals surface area contributed by atoms with Gasteiger partial charge in [0.2, 0.25) is 0 Å². The summed E-state index contributed by atoms with van der Waals surface area (Å²) in [4.78, 5) is 14.4. The lowest BCUT2D eigenvalue weighted by Crippen LogP contribution is -2.01. The fourth-order valence-corrected chi connectivity index (χ4v) is 1.59. The number of nitro benzene ring substituents is 1. The van der Waals surface area contributed by atoms with E-state index in [2.05, 4.69) is 4.98 Å². The number of aryl methyl sites for hydroxylation is 1. The third-order valence-electron chi connectivity index (χ3n) is 2.44. The molecule has 2 rings (SSSR count). The van der Waals surface area contributed by atoms with Crippen molar-refractivity contribution >= 4 is 5.69 Å². The first-order valence-electron chi connectivity index (χ1n) is 5.55. The lowest BCUT2D eigenvalue weighted by molar-refractivity contribution is -0.386. The lowest BCUT2D eigenvalue weighted by Gasteiger charge is -2.06. The van der Waals surface area contributed by atoms with Gasteiger partial charge in [0.25, 0.3) is 0 Å². The minimum absolute atomic E-state index is 0.0476. The van der Waals surface area contributed by atoms with E-state index in [1.807, 2.05) is 13.0 Å². The van der Waals surface area contributed by atoms with Gasteiger partial charge in [-0.1, -0.05) is 6.07 Å². The zero-order chi connectivity index (χ0) is 13.8. The molecule has 0 saturated carbocycles. The monoisotopic (exact) mass is 262 g/mol. The summed E-state index contributed by atoms with van der Waals surface area (Å²) in [6.45, 7) is 1.88. The lowest BCUT2D eigenvalue weighted by atomic mass is 10.3. The van der Waals surface area contributed by atoms with Crippen LogP contribution in [-0.2, 0) is 6.61 Å². The number of hydrogen-bond donors (Lipinski definition) is 0. The Morgan fingerprint density at radius 2 is 2.16 bits per heavy atom. The fraction of sp³-hybridized carbons (Fsp3) is 0.154. The first-order valence-corrected chi connectivity index (χ1v) is 5.55. The van der Waals surface area contributed by atoms with Crippen LogP contribution < -0.4 is 4.74 Å². The number of benzene rings is 1. The van der Waals surface area contributed by atoms with Crippen LogP contribution in [0.4, 0.5) is 10.1 Å². The maximum absolute atomic E-state index is 13.1. The van der Waals surface area contributed by atoms with E-state index in [4.69, 9.17) is 4.74 Å². The van der Waals surface area contributed by atoms with Gasteiger partial charge in [-0.05, 0) is 25.1 Å². The molecule has 1 aromatic heterocycles. The second-order valence-electron chi connectivity index (χ2n) is 3.93. The smallest absolute Gasteiger partial charge is 0.311 e. The van der Waals surface area contributed by atoms with Crippen molar-refractivity contribution in [2.45, 2.75) is 13.5 Å². The fourth-order valence-electron chi connectivity index (χ4n) is 1.59. The standard InChI is InChI=1S/C13H11FN2O3/c1-9-3-2-4-11(15-9)8-19-13-7-10(14)5-6-12(13)16(17)18/h2-7H,8H2,1H3. The number of rotatable bonds is 4. The zero-order valence-corrected chi connectivity index (χ0v) is 10.2. The first kappa shape index (κ1) is 12.9. The van der Waals surface area contributed by atoms with Gasteiger partial charge in [0.1, 0.15) is 12.4 Å². The summed E-state index contributed by atoms with van der Waals surface area (Å²) < 4.78 is 18.4. The number of nitrogens with zero attached hydrogens (tertiary/aromatic N) is 2. The van der Waals surface area contributed by atoms with Gasteiger partial charge in [0.05, 0.1) is 10.6 Å². The van der Waals surface area contributed by atoms with Gasteiger partial charge in [-0.15, -0.1) is 0 Å². The third-order valence-corrected chi connectivity index (χ3v) is 2.44. The Morgan fingerprint density at radius 1 is 1.37 bits per heavy atom. The minimum atomic E-state index is -0.613. The molecule has 0 aliphatic carbocycles. The predicted molar refractivity (Wildman–Crippen MR) is 66.4 cm³/mol. The van der Waals surface area contributed by atoms with Gasteiger partial charge in [0.15, 0.2) is 5.75 Å². The molecule has 6 heteroatoms. The van der Waals surface area contributed by atoms with Crippen molar-refractivity contribution in [3.8, 4) is 5.75 Å². The summed E-state index contributed by atoms with van der Waals surface area (Å²) in [7, 11) is 0. The van der Waals surface area contributed by atoms with Crippen molar-refractivity contribution in [2.75, 3.05) is 0 Å². The highest BCUT2D eigenvalue weighted by molar-refractivity contribution is 5.46. The summed E-state index contributed by atoms with van der Waals surface area (Å²) in [5.74, 6) is -0.689. The molecule has 0 fully saturated rings. The molecule has 98 valence electrons. The number of nitro groups is 1. The van der Waals surface area contributed by atoms with E-state index in [1.54, 1.807) is 12.1 Å². The van der Waals surface area contributed by atoms with Crippen molar-refractivity contribution in [2.24, 2.45) is 0 Å².